The molecule has 0 unspecified atom stereocenters. The number of aromatic nitrogens is 4. The van der Waals surface area contributed by atoms with Crippen molar-refractivity contribution in [2.45, 2.75) is 11.7 Å². The summed E-state index contributed by atoms with van der Waals surface area (Å²) in [6.07, 6.45) is 2.06. The molecule has 0 radical (unpaired) electrons. The van der Waals surface area contributed by atoms with Crippen LogP contribution >= 0.6 is 0 Å². The number of rotatable bonds is 12. The minimum absolute atomic E-state index is 0.0159. The van der Waals surface area contributed by atoms with Gasteiger partial charge in [0.1, 0.15) is 35.9 Å². The second-order valence-corrected chi connectivity index (χ2v) is 11.8. The molecule has 1 amide bonds. The van der Waals surface area contributed by atoms with Crippen LogP contribution in [0.5, 0.6) is 11.5 Å². The smallest absolute Gasteiger partial charge is 0.256 e. The minimum atomic E-state index is -1.07. The lowest BCUT2D eigenvalue weighted by molar-refractivity contribution is -0.0390. The van der Waals surface area contributed by atoms with Gasteiger partial charge in [0.05, 0.1) is 20.8 Å². The van der Waals surface area contributed by atoms with Gasteiger partial charge in [-0.05, 0) is 70.8 Å². The van der Waals surface area contributed by atoms with Gasteiger partial charge in [0.15, 0.2) is 17.0 Å². The number of methoxy groups -OCH3 is 2. The molecule has 1 atom stereocenters. The molecule has 7 aromatic rings. The minimum Gasteiger partial charge on any atom is -0.497 e. The van der Waals surface area contributed by atoms with Crippen molar-refractivity contribution in [2.75, 3.05) is 26.1 Å². The lowest BCUT2D eigenvalue weighted by Crippen LogP contribution is -2.34. The fourth-order valence-corrected chi connectivity index (χ4v) is 6.12. The number of carbonyl (C=O) groups is 1. The van der Waals surface area contributed by atoms with Crippen molar-refractivity contribution in [1.82, 2.24) is 19.5 Å². The second-order valence-electron chi connectivity index (χ2n) is 11.8. The number of aliphatic hydroxyl groups excluding tert-OH is 1. The quantitative estimate of drug-likeness (QED) is 0.131. The number of imidazole rings is 1. The number of benzene rings is 5. The highest BCUT2D eigenvalue weighted by Gasteiger charge is 2.38. The van der Waals surface area contributed by atoms with Gasteiger partial charge in [0.25, 0.3) is 5.91 Å². The lowest BCUT2D eigenvalue weighted by atomic mass is 9.80. The van der Waals surface area contributed by atoms with Gasteiger partial charge in [-0.25, -0.2) is 15.0 Å². The summed E-state index contributed by atoms with van der Waals surface area (Å²) < 4.78 is 19.6. The summed E-state index contributed by atoms with van der Waals surface area (Å²) >= 11 is 0. The van der Waals surface area contributed by atoms with Gasteiger partial charge in [0, 0.05) is 11.3 Å². The fraction of sp³-hybridized carbons (Fsp3) is 0.122. The molecule has 2 aromatic heterocycles. The Morgan fingerprint density at radius 1 is 0.725 bits per heavy atom. The van der Waals surface area contributed by atoms with Crippen molar-refractivity contribution in [3.05, 3.63) is 174 Å². The number of carbonyl (C=O) groups excluding carboxylic acids is 1. The zero-order chi connectivity index (χ0) is 35.2. The van der Waals surface area contributed by atoms with Crippen LogP contribution < -0.4 is 14.8 Å². The highest BCUT2D eigenvalue weighted by molar-refractivity contribution is 6.06. The van der Waals surface area contributed by atoms with E-state index in [1.165, 1.54) is 6.33 Å². The molecular formula is C41H35N5O5. The molecule has 0 saturated carbocycles. The number of nitrogens with one attached hydrogen (secondary N) is 1. The molecule has 2 N–H and O–H groups in total. The summed E-state index contributed by atoms with van der Waals surface area (Å²) in [4.78, 5) is 26.0. The van der Waals surface area contributed by atoms with Crippen LogP contribution in [-0.2, 0) is 10.3 Å². The van der Waals surface area contributed by atoms with Gasteiger partial charge in [-0.15, -0.1) is 0 Å². The summed E-state index contributed by atoms with van der Waals surface area (Å²) in [5.74, 6) is 1.47. The summed E-state index contributed by atoms with van der Waals surface area (Å²) in [6.45, 7) is -0.0159. The molecule has 0 aliphatic heterocycles. The molecule has 10 nitrogen and oxygen atoms in total. The Morgan fingerprint density at radius 2 is 1.29 bits per heavy atom. The van der Waals surface area contributed by atoms with Gasteiger partial charge in [-0.2, -0.15) is 0 Å². The number of fused-ring (bicyclic) bond motifs is 1. The van der Waals surface area contributed by atoms with Crippen molar-refractivity contribution in [2.24, 2.45) is 0 Å². The molecule has 0 aliphatic carbocycles. The third-order valence-electron chi connectivity index (χ3n) is 8.79. The highest BCUT2D eigenvalue weighted by Crippen LogP contribution is 2.42. The normalized spacial score (nSPS) is 12.0. The molecule has 2 heterocycles. The van der Waals surface area contributed by atoms with Gasteiger partial charge in [-0.3, -0.25) is 9.36 Å². The topological polar surface area (TPSA) is 121 Å². The van der Waals surface area contributed by atoms with Crippen LogP contribution in [0, 0.1) is 0 Å². The number of anilines is 1. The second kappa shape index (κ2) is 14.6. The Balaban J connectivity index is 1.16. The third-order valence-corrected chi connectivity index (χ3v) is 8.79. The molecule has 7 rings (SSSR count). The van der Waals surface area contributed by atoms with Crippen molar-refractivity contribution in [1.29, 1.82) is 0 Å². The van der Waals surface area contributed by atoms with Crippen LogP contribution in [0.2, 0.25) is 0 Å². The van der Waals surface area contributed by atoms with Crippen LogP contribution in [0.1, 0.15) is 38.7 Å². The van der Waals surface area contributed by atoms with Crippen LogP contribution in [0.3, 0.4) is 0 Å². The van der Waals surface area contributed by atoms with E-state index < -0.39 is 11.7 Å². The number of hydrogen-bond acceptors (Lipinski definition) is 8. The Morgan fingerprint density at radius 3 is 1.88 bits per heavy atom. The largest absolute Gasteiger partial charge is 0.497 e. The Hall–Kier alpha value is -6.36. The van der Waals surface area contributed by atoms with E-state index in [0.29, 0.717) is 28.1 Å². The summed E-state index contributed by atoms with van der Waals surface area (Å²) in [6, 6.07) is 41.8. The summed E-state index contributed by atoms with van der Waals surface area (Å²) in [5.41, 5.74) is 4.50. The standard InChI is InChI=1S/C41H35N5O5/c1-49-34-21-15-31(16-22-34)41(30-11-7-4-8-12-30,32-17-23-35(50-2)24-18-32)51-25-36(47)28-13-19-33(20-14-28)46-27-44-37-38(42-26-43-39(37)46)45-40(48)29-9-5-3-6-10-29/h3-24,26-27,36,47H,25H2,1-2H3,(H,42,43,45,48)/t36-/m1/s1. The first-order valence-electron chi connectivity index (χ1n) is 16.3. The number of aliphatic hydroxyl groups is 1. The molecule has 51 heavy (non-hydrogen) atoms. The fourth-order valence-electron chi connectivity index (χ4n) is 6.12. The van der Waals surface area contributed by atoms with Crippen molar-refractivity contribution >= 4 is 22.9 Å². The third kappa shape index (κ3) is 6.65. The van der Waals surface area contributed by atoms with Crippen molar-refractivity contribution < 1.29 is 24.1 Å². The summed E-state index contributed by atoms with van der Waals surface area (Å²) in [5, 5.41) is 14.4. The Bertz CT molecular complexity index is 2180. The molecule has 0 saturated heterocycles. The SMILES string of the molecule is COc1ccc(C(OC[C@@H](O)c2ccc(-n3cnc4c(NC(=O)c5ccccc5)ncnc43)cc2)(c2ccccc2)c2ccc(OC)cc2)cc1. The van der Waals surface area contributed by atoms with Crippen LogP contribution in [0.15, 0.2) is 146 Å². The number of ether oxygens (including phenoxy) is 3. The van der Waals surface area contributed by atoms with E-state index in [0.717, 1.165) is 33.9 Å². The molecule has 0 bridgehead atoms. The van der Waals surface area contributed by atoms with Crippen molar-refractivity contribution in [3.8, 4) is 17.2 Å². The number of amides is 1. The van der Waals surface area contributed by atoms with E-state index in [2.05, 4.69) is 20.3 Å². The predicted molar refractivity (Wildman–Crippen MR) is 194 cm³/mol. The lowest BCUT2D eigenvalue weighted by Gasteiger charge is -2.36. The Labute approximate surface area is 295 Å². The van der Waals surface area contributed by atoms with E-state index in [1.54, 1.807) is 49.4 Å². The Kier molecular flexibility index (Phi) is 9.51. The van der Waals surface area contributed by atoms with Gasteiger partial charge < -0.3 is 24.6 Å². The van der Waals surface area contributed by atoms with E-state index in [-0.39, 0.29) is 12.5 Å². The van der Waals surface area contributed by atoms with Gasteiger partial charge >= 0.3 is 0 Å². The molecule has 0 fully saturated rings. The predicted octanol–water partition coefficient (Wildman–Crippen LogP) is 7.13. The van der Waals surface area contributed by atoms with Gasteiger partial charge in [0.2, 0.25) is 0 Å². The molecule has 0 aliphatic rings. The molecule has 254 valence electrons. The summed E-state index contributed by atoms with van der Waals surface area (Å²) in [7, 11) is 3.27. The van der Waals surface area contributed by atoms with Crippen LogP contribution in [-0.4, -0.2) is 51.4 Å². The van der Waals surface area contributed by atoms with E-state index in [9.17, 15) is 9.90 Å². The number of nitrogens with zero attached hydrogens (tertiary/aromatic N) is 4. The zero-order valence-corrected chi connectivity index (χ0v) is 28.0. The van der Waals surface area contributed by atoms with Crippen LogP contribution in [0.25, 0.3) is 16.9 Å². The molecular weight excluding hydrogens is 642 g/mol. The van der Waals surface area contributed by atoms with E-state index in [4.69, 9.17) is 14.2 Å². The average molecular weight is 678 g/mol. The zero-order valence-electron chi connectivity index (χ0n) is 28.0. The van der Waals surface area contributed by atoms with E-state index >= 15 is 0 Å². The highest BCUT2D eigenvalue weighted by atomic mass is 16.5. The van der Waals surface area contributed by atoms with Gasteiger partial charge in [-0.1, -0.05) is 84.9 Å². The molecule has 10 heteroatoms. The molecule has 0 spiro atoms. The first-order valence-corrected chi connectivity index (χ1v) is 16.3. The van der Waals surface area contributed by atoms with E-state index in [1.807, 2.05) is 109 Å². The number of hydrogen-bond donors (Lipinski definition) is 2. The maximum absolute atomic E-state index is 12.8. The monoisotopic (exact) mass is 677 g/mol. The first-order chi connectivity index (χ1) is 25.0. The van der Waals surface area contributed by atoms with Crippen molar-refractivity contribution in [3.63, 3.8) is 0 Å². The molecule has 5 aromatic carbocycles. The first kappa shape index (κ1) is 33.2. The van der Waals surface area contributed by atoms with Crippen LogP contribution in [0.4, 0.5) is 5.82 Å². The maximum Gasteiger partial charge on any atom is 0.256 e. The average Bonchev–Trinajstić information content (AvgIpc) is 3.64. The maximum atomic E-state index is 12.8.